The molecule has 0 aliphatic rings. The number of nitrogens with zero attached hydrogens (tertiary/aromatic N) is 1. The van der Waals surface area contributed by atoms with E-state index < -0.39 is 0 Å². The average Bonchev–Trinajstić information content (AvgIpc) is 2.19. The van der Waals surface area contributed by atoms with Crippen LogP contribution in [-0.2, 0) is 4.74 Å². The number of ether oxygens (including phenoxy) is 1. The van der Waals surface area contributed by atoms with E-state index in [4.69, 9.17) is 9.84 Å². The molecule has 3 heteroatoms. The molecule has 0 saturated carbocycles. The van der Waals surface area contributed by atoms with Gasteiger partial charge in [-0.25, -0.2) is 0 Å². The third-order valence-corrected chi connectivity index (χ3v) is 2.25. The lowest BCUT2D eigenvalue weighted by molar-refractivity contribution is 0.0781. The van der Waals surface area contributed by atoms with Crippen molar-refractivity contribution >= 4 is 0 Å². The molecule has 0 aliphatic heterocycles. The maximum Gasteiger partial charge on any atom is 0.0698 e. The number of rotatable bonds is 10. The Hall–Kier alpha value is -0.120. The van der Waals surface area contributed by atoms with Crippen molar-refractivity contribution in [3.05, 3.63) is 0 Å². The number of likely N-dealkylation sites (N-methyl/N-ethyl adjacent to an activating group) is 1. The van der Waals surface area contributed by atoms with Gasteiger partial charge in [-0.1, -0.05) is 26.2 Å². The maximum absolute atomic E-state index is 8.49. The Kier molecular flexibility index (Phi) is 10.9. The number of hydrogen-bond acceptors (Lipinski definition) is 3. The van der Waals surface area contributed by atoms with Gasteiger partial charge in [-0.2, -0.15) is 0 Å². The molecule has 0 aliphatic carbocycles. The van der Waals surface area contributed by atoms with E-state index >= 15 is 0 Å². The molecular weight excluding hydrogens is 178 g/mol. The minimum atomic E-state index is 0.125. The molecule has 0 rings (SSSR count). The van der Waals surface area contributed by atoms with E-state index in [1.54, 1.807) is 0 Å². The van der Waals surface area contributed by atoms with E-state index in [-0.39, 0.29) is 6.61 Å². The molecule has 0 fully saturated rings. The van der Waals surface area contributed by atoms with E-state index in [9.17, 15) is 0 Å². The zero-order chi connectivity index (χ0) is 10.6. The number of aliphatic hydroxyl groups excluding tert-OH is 1. The Labute approximate surface area is 88.1 Å². The summed E-state index contributed by atoms with van der Waals surface area (Å²) >= 11 is 0. The Morgan fingerprint density at radius 2 is 1.86 bits per heavy atom. The van der Waals surface area contributed by atoms with Crippen LogP contribution in [0.3, 0.4) is 0 Å². The lowest BCUT2D eigenvalue weighted by Crippen LogP contribution is -2.24. The fourth-order valence-corrected chi connectivity index (χ4v) is 1.31. The van der Waals surface area contributed by atoms with Crippen LogP contribution in [0.2, 0.25) is 0 Å². The highest BCUT2D eigenvalue weighted by atomic mass is 16.5. The van der Waals surface area contributed by atoms with Crippen LogP contribution in [0.5, 0.6) is 0 Å². The van der Waals surface area contributed by atoms with Crippen molar-refractivity contribution in [2.24, 2.45) is 0 Å². The highest BCUT2D eigenvalue weighted by molar-refractivity contribution is 4.51. The molecule has 0 radical (unpaired) electrons. The molecule has 0 aromatic rings. The molecule has 0 atom stereocenters. The summed E-state index contributed by atoms with van der Waals surface area (Å²) < 4.78 is 5.19. The van der Waals surface area contributed by atoms with Gasteiger partial charge in [0.1, 0.15) is 0 Å². The fraction of sp³-hybridized carbons (Fsp3) is 1.00. The highest BCUT2D eigenvalue weighted by Gasteiger charge is 1.97. The monoisotopic (exact) mass is 203 g/mol. The molecule has 0 aromatic heterocycles. The van der Waals surface area contributed by atoms with Gasteiger partial charge in [0.25, 0.3) is 0 Å². The van der Waals surface area contributed by atoms with Crippen molar-refractivity contribution in [3.63, 3.8) is 0 Å². The van der Waals surface area contributed by atoms with Gasteiger partial charge in [-0.05, 0) is 20.0 Å². The second-order valence-electron chi connectivity index (χ2n) is 3.70. The average molecular weight is 203 g/mol. The second-order valence-corrected chi connectivity index (χ2v) is 3.70. The van der Waals surface area contributed by atoms with Crippen LogP contribution in [-0.4, -0.2) is 50.0 Å². The van der Waals surface area contributed by atoms with Gasteiger partial charge >= 0.3 is 0 Å². The molecule has 0 saturated heterocycles. The molecule has 0 unspecified atom stereocenters. The molecule has 0 heterocycles. The molecule has 3 nitrogen and oxygen atoms in total. The molecule has 0 spiro atoms. The summed E-state index contributed by atoms with van der Waals surface area (Å²) in [6.45, 7) is 5.66. The first-order chi connectivity index (χ1) is 6.81. The third kappa shape index (κ3) is 9.96. The first-order valence-corrected chi connectivity index (χ1v) is 5.68. The first-order valence-electron chi connectivity index (χ1n) is 5.68. The fourth-order valence-electron chi connectivity index (χ4n) is 1.31. The Balaban J connectivity index is 3.07. The predicted octanol–water partition coefficient (Wildman–Crippen LogP) is 1.51. The van der Waals surface area contributed by atoms with E-state index in [0.717, 1.165) is 19.7 Å². The molecule has 86 valence electrons. The number of aliphatic hydroxyl groups is 1. The van der Waals surface area contributed by atoms with Crippen molar-refractivity contribution in [3.8, 4) is 0 Å². The summed E-state index contributed by atoms with van der Waals surface area (Å²) in [6.07, 6.45) is 5.25. The van der Waals surface area contributed by atoms with E-state index in [2.05, 4.69) is 18.9 Å². The molecule has 14 heavy (non-hydrogen) atoms. The van der Waals surface area contributed by atoms with Crippen LogP contribution in [0, 0.1) is 0 Å². The van der Waals surface area contributed by atoms with E-state index in [1.807, 2.05) is 0 Å². The van der Waals surface area contributed by atoms with Gasteiger partial charge in [0, 0.05) is 6.54 Å². The summed E-state index contributed by atoms with van der Waals surface area (Å²) in [5.74, 6) is 0. The molecule has 0 amide bonds. The van der Waals surface area contributed by atoms with Gasteiger partial charge in [0.05, 0.1) is 19.8 Å². The smallest absolute Gasteiger partial charge is 0.0698 e. The molecular formula is C11H25NO2. The van der Waals surface area contributed by atoms with Crippen molar-refractivity contribution in [2.45, 2.75) is 32.6 Å². The van der Waals surface area contributed by atoms with Crippen molar-refractivity contribution in [1.82, 2.24) is 4.90 Å². The summed E-state index contributed by atoms with van der Waals surface area (Å²) in [5, 5.41) is 8.49. The van der Waals surface area contributed by atoms with Crippen LogP contribution in [0.25, 0.3) is 0 Å². The van der Waals surface area contributed by atoms with Crippen molar-refractivity contribution in [2.75, 3.05) is 40.0 Å². The van der Waals surface area contributed by atoms with Crippen molar-refractivity contribution < 1.29 is 9.84 Å². The molecule has 0 bridgehead atoms. The molecule has 1 N–H and O–H groups in total. The number of hydrogen-bond donors (Lipinski definition) is 1. The zero-order valence-electron chi connectivity index (χ0n) is 9.67. The largest absolute Gasteiger partial charge is 0.394 e. The minimum absolute atomic E-state index is 0.125. The van der Waals surface area contributed by atoms with Crippen LogP contribution in [0.1, 0.15) is 32.6 Å². The minimum Gasteiger partial charge on any atom is -0.394 e. The van der Waals surface area contributed by atoms with Gasteiger partial charge in [-0.15, -0.1) is 0 Å². The summed E-state index contributed by atoms with van der Waals surface area (Å²) in [7, 11) is 2.12. The van der Waals surface area contributed by atoms with Gasteiger partial charge in [0.15, 0.2) is 0 Å². The van der Waals surface area contributed by atoms with E-state index in [0.29, 0.717) is 6.61 Å². The Bertz CT molecular complexity index is 97.5. The lowest BCUT2D eigenvalue weighted by atomic mass is 10.2. The number of unbranched alkanes of at least 4 members (excludes halogenated alkanes) is 3. The van der Waals surface area contributed by atoms with E-state index in [1.165, 1.54) is 25.7 Å². The predicted molar refractivity (Wildman–Crippen MR) is 59.5 cm³/mol. The van der Waals surface area contributed by atoms with Gasteiger partial charge in [0.2, 0.25) is 0 Å². The van der Waals surface area contributed by atoms with Crippen LogP contribution in [0.4, 0.5) is 0 Å². The lowest BCUT2D eigenvalue weighted by Gasteiger charge is -2.16. The normalized spacial score (nSPS) is 11.1. The van der Waals surface area contributed by atoms with Gasteiger partial charge in [-0.3, -0.25) is 0 Å². The second kappa shape index (κ2) is 11.0. The maximum atomic E-state index is 8.49. The van der Waals surface area contributed by atoms with Crippen molar-refractivity contribution in [1.29, 1.82) is 0 Å². The quantitative estimate of drug-likeness (QED) is 0.546. The van der Waals surface area contributed by atoms with Crippen LogP contribution < -0.4 is 0 Å². The zero-order valence-corrected chi connectivity index (χ0v) is 9.67. The summed E-state index contributed by atoms with van der Waals surface area (Å²) in [5.41, 5.74) is 0. The van der Waals surface area contributed by atoms with Crippen LogP contribution >= 0.6 is 0 Å². The Morgan fingerprint density at radius 3 is 2.50 bits per heavy atom. The third-order valence-electron chi connectivity index (χ3n) is 2.25. The molecule has 0 aromatic carbocycles. The first kappa shape index (κ1) is 13.9. The highest BCUT2D eigenvalue weighted by Crippen LogP contribution is 1.99. The Morgan fingerprint density at radius 1 is 1.07 bits per heavy atom. The topological polar surface area (TPSA) is 32.7 Å². The standard InChI is InChI=1S/C11H25NO2/c1-3-4-5-6-7-12(2)8-10-14-11-9-13/h13H,3-11H2,1-2H3. The van der Waals surface area contributed by atoms with Gasteiger partial charge < -0.3 is 14.7 Å². The summed E-state index contributed by atoms with van der Waals surface area (Å²) in [4.78, 5) is 2.28. The van der Waals surface area contributed by atoms with Crippen LogP contribution in [0.15, 0.2) is 0 Å². The SMILES string of the molecule is CCCCCCN(C)CCOCCO. The summed E-state index contributed by atoms with van der Waals surface area (Å²) in [6, 6.07) is 0.